The van der Waals surface area contributed by atoms with Crippen molar-refractivity contribution in [3.05, 3.63) is 22.7 Å². The van der Waals surface area contributed by atoms with Gasteiger partial charge in [0.2, 0.25) is 0 Å². The van der Waals surface area contributed by atoms with Crippen LogP contribution in [0.2, 0.25) is 0 Å². The van der Waals surface area contributed by atoms with Crippen LogP contribution >= 0.6 is 15.9 Å². The van der Waals surface area contributed by atoms with E-state index in [-0.39, 0.29) is 6.10 Å². The van der Waals surface area contributed by atoms with E-state index in [1.54, 1.807) is 0 Å². The first-order valence-electron chi connectivity index (χ1n) is 5.56. The van der Waals surface area contributed by atoms with Crippen molar-refractivity contribution in [1.29, 1.82) is 0 Å². The summed E-state index contributed by atoms with van der Waals surface area (Å²) in [6.07, 6.45) is 0.643. The Hall–Kier alpha value is -0.740. The molecule has 2 atom stereocenters. The molecule has 0 bridgehead atoms. The number of nitrogens with two attached hydrogens (primary N) is 1. The summed E-state index contributed by atoms with van der Waals surface area (Å²) in [7, 11) is 0. The van der Waals surface area contributed by atoms with Crippen LogP contribution in [0.5, 0.6) is 0 Å². The minimum atomic E-state index is -0.173. The average molecular weight is 285 g/mol. The first-order valence-corrected chi connectivity index (χ1v) is 6.35. The number of aliphatic hydroxyl groups excluding tert-OH is 1. The number of hydrogen-bond acceptors (Lipinski definition) is 3. The number of rotatable bonds is 1. The van der Waals surface area contributed by atoms with E-state index in [0.29, 0.717) is 5.92 Å². The highest BCUT2D eigenvalue weighted by molar-refractivity contribution is 9.10. The van der Waals surface area contributed by atoms with Gasteiger partial charge in [-0.25, -0.2) is 0 Å². The second-order valence-electron chi connectivity index (χ2n) is 4.48. The second kappa shape index (κ2) is 4.63. The van der Waals surface area contributed by atoms with Crippen molar-refractivity contribution in [3.63, 3.8) is 0 Å². The molecule has 1 saturated heterocycles. The minimum absolute atomic E-state index is 0.173. The summed E-state index contributed by atoms with van der Waals surface area (Å²) in [4.78, 5) is 2.25. The molecular formula is C12H17BrN2O. The molecule has 1 heterocycles. The Balaban J connectivity index is 2.18. The summed E-state index contributed by atoms with van der Waals surface area (Å²) >= 11 is 3.40. The molecule has 3 N–H and O–H groups in total. The van der Waals surface area contributed by atoms with Crippen molar-refractivity contribution in [3.8, 4) is 0 Å². The quantitative estimate of drug-likeness (QED) is 0.778. The van der Waals surface area contributed by atoms with Gasteiger partial charge < -0.3 is 15.7 Å². The number of benzene rings is 1. The number of nitrogens with zero attached hydrogens (tertiary/aromatic N) is 1. The van der Waals surface area contributed by atoms with E-state index in [1.165, 1.54) is 0 Å². The molecule has 0 radical (unpaired) electrons. The number of nitrogen functional groups attached to an aromatic ring is 1. The van der Waals surface area contributed by atoms with Gasteiger partial charge in [-0.2, -0.15) is 0 Å². The van der Waals surface area contributed by atoms with E-state index in [9.17, 15) is 5.11 Å². The third kappa shape index (κ3) is 2.33. The summed E-state index contributed by atoms with van der Waals surface area (Å²) in [6, 6.07) is 5.95. The average Bonchev–Trinajstić information content (AvgIpc) is 2.22. The summed E-state index contributed by atoms with van der Waals surface area (Å²) in [6.45, 7) is 3.82. The van der Waals surface area contributed by atoms with Gasteiger partial charge in [0.1, 0.15) is 0 Å². The zero-order valence-electron chi connectivity index (χ0n) is 9.36. The first kappa shape index (κ1) is 11.7. The Morgan fingerprint density at radius 1 is 1.50 bits per heavy atom. The van der Waals surface area contributed by atoms with Gasteiger partial charge in [0, 0.05) is 17.6 Å². The van der Waals surface area contributed by atoms with E-state index in [1.807, 2.05) is 18.2 Å². The highest BCUT2D eigenvalue weighted by Crippen LogP contribution is 2.30. The van der Waals surface area contributed by atoms with Gasteiger partial charge in [-0.1, -0.05) is 22.9 Å². The third-order valence-corrected chi connectivity index (χ3v) is 3.68. The van der Waals surface area contributed by atoms with Crippen molar-refractivity contribution >= 4 is 27.3 Å². The summed E-state index contributed by atoms with van der Waals surface area (Å²) in [5.74, 6) is 0.303. The molecule has 1 fully saturated rings. The summed E-state index contributed by atoms with van der Waals surface area (Å²) < 4.78 is 0.999. The van der Waals surface area contributed by atoms with Gasteiger partial charge >= 0.3 is 0 Å². The molecule has 0 saturated carbocycles. The zero-order valence-corrected chi connectivity index (χ0v) is 10.9. The maximum Gasteiger partial charge on any atom is 0.0600 e. The first-order chi connectivity index (χ1) is 7.58. The Labute approximate surface area is 104 Å². The van der Waals surface area contributed by atoms with E-state index >= 15 is 0 Å². The molecule has 2 unspecified atom stereocenters. The van der Waals surface area contributed by atoms with Crippen LogP contribution in [0.25, 0.3) is 0 Å². The lowest BCUT2D eigenvalue weighted by molar-refractivity contribution is 0.0971. The van der Waals surface area contributed by atoms with Crippen LogP contribution in [0.1, 0.15) is 13.3 Å². The molecule has 4 heteroatoms. The van der Waals surface area contributed by atoms with Crippen LogP contribution in [0.3, 0.4) is 0 Å². The maximum absolute atomic E-state index is 9.69. The molecule has 3 nitrogen and oxygen atoms in total. The number of aliphatic hydroxyl groups is 1. The van der Waals surface area contributed by atoms with Crippen LogP contribution in [0.4, 0.5) is 11.4 Å². The Kier molecular flexibility index (Phi) is 3.40. The van der Waals surface area contributed by atoms with Crippen LogP contribution in [-0.4, -0.2) is 24.3 Å². The molecule has 1 aromatic rings. The highest BCUT2D eigenvalue weighted by atomic mass is 79.9. The fourth-order valence-corrected chi connectivity index (χ4v) is 2.54. The summed E-state index contributed by atoms with van der Waals surface area (Å²) in [5, 5.41) is 9.69. The second-order valence-corrected chi connectivity index (χ2v) is 5.40. The lowest BCUT2D eigenvalue weighted by Crippen LogP contribution is -2.42. The standard InChI is InChI=1S/C12H17BrN2O/c1-8-7-15(5-4-12(8)16)11-3-2-9(13)6-10(11)14/h2-3,6,8,12,16H,4-5,7,14H2,1H3. The molecule has 16 heavy (non-hydrogen) atoms. The van der Waals surface area contributed by atoms with Crippen molar-refractivity contribution in [2.24, 2.45) is 5.92 Å². The van der Waals surface area contributed by atoms with Crippen molar-refractivity contribution < 1.29 is 5.11 Å². The predicted molar refractivity (Wildman–Crippen MR) is 70.6 cm³/mol. The van der Waals surface area contributed by atoms with E-state index in [4.69, 9.17) is 5.73 Å². The fourth-order valence-electron chi connectivity index (χ4n) is 2.17. The van der Waals surface area contributed by atoms with Gasteiger partial charge in [-0.15, -0.1) is 0 Å². The van der Waals surface area contributed by atoms with Crippen LogP contribution < -0.4 is 10.6 Å². The Bertz CT molecular complexity index is 383. The van der Waals surface area contributed by atoms with E-state index < -0.39 is 0 Å². The monoisotopic (exact) mass is 284 g/mol. The van der Waals surface area contributed by atoms with Crippen LogP contribution in [0, 0.1) is 5.92 Å². The van der Waals surface area contributed by atoms with E-state index in [2.05, 4.69) is 27.8 Å². The number of halogens is 1. The molecule has 1 aromatic carbocycles. The molecule has 0 aliphatic carbocycles. The predicted octanol–water partition coefficient (Wildman–Crippen LogP) is 2.24. The smallest absolute Gasteiger partial charge is 0.0600 e. The largest absolute Gasteiger partial charge is 0.397 e. The van der Waals surface area contributed by atoms with Gasteiger partial charge in [0.25, 0.3) is 0 Å². The molecule has 0 aromatic heterocycles. The van der Waals surface area contributed by atoms with E-state index in [0.717, 1.165) is 35.4 Å². The van der Waals surface area contributed by atoms with Crippen molar-refractivity contribution in [1.82, 2.24) is 0 Å². The molecular weight excluding hydrogens is 268 g/mol. The highest BCUT2D eigenvalue weighted by Gasteiger charge is 2.25. The molecule has 1 aliphatic heterocycles. The number of piperidine rings is 1. The molecule has 88 valence electrons. The topological polar surface area (TPSA) is 49.5 Å². The molecule has 0 spiro atoms. The minimum Gasteiger partial charge on any atom is -0.397 e. The van der Waals surface area contributed by atoms with Gasteiger partial charge in [0.15, 0.2) is 0 Å². The Morgan fingerprint density at radius 2 is 2.25 bits per heavy atom. The van der Waals surface area contributed by atoms with Crippen LogP contribution in [0.15, 0.2) is 22.7 Å². The molecule has 1 aliphatic rings. The van der Waals surface area contributed by atoms with Gasteiger partial charge in [-0.05, 0) is 30.5 Å². The molecule has 2 rings (SSSR count). The van der Waals surface area contributed by atoms with Crippen molar-refractivity contribution in [2.75, 3.05) is 23.7 Å². The van der Waals surface area contributed by atoms with Gasteiger partial charge in [0.05, 0.1) is 17.5 Å². The lowest BCUT2D eigenvalue weighted by Gasteiger charge is -2.36. The van der Waals surface area contributed by atoms with Crippen molar-refractivity contribution in [2.45, 2.75) is 19.4 Å². The van der Waals surface area contributed by atoms with Crippen LogP contribution in [-0.2, 0) is 0 Å². The molecule has 0 amide bonds. The summed E-state index contributed by atoms with van der Waals surface area (Å²) in [5.41, 5.74) is 7.86. The third-order valence-electron chi connectivity index (χ3n) is 3.19. The fraction of sp³-hybridized carbons (Fsp3) is 0.500. The SMILES string of the molecule is CC1CN(c2ccc(Br)cc2N)CCC1O. The number of hydrogen-bond donors (Lipinski definition) is 2. The van der Waals surface area contributed by atoms with Gasteiger partial charge in [-0.3, -0.25) is 0 Å². The normalized spacial score (nSPS) is 25.8. The number of anilines is 2. The Morgan fingerprint density at radius 3 is 2.88 bits per heavy atom. The lowest BCUT2D eigenvalue weighted by atomic mass is 9.96. The maximum atomic E-state index is 9.69. The zero-order chi connectivity index (χ0) is 11.7.